The van der Waals surface area contributed by atoms with Gasteiger partial charge in [-0.1, -0.05) is 6.42 Å². The van der Waals surface area contributed by atoms with Crippen molar-refractivity contribution in [3.05, 3.63) is 0 Å². The van der Waals surface area contributed by atoms with Crippen molar-refractivity contribution in [3.8, 4) is 0 Å². The highest BCUT2D eigenvalue weighted by Crippen LogP contribution is 2.33. The molecule has 0 aliphatic carbocycles. The molecule has 2 fully saturated rings. The number of aldehydes is 1. The summed E-state index contributed by atoms with van der Waals surface area (Å²) in [6.07, 6.45) is 4.54. The molecule has 3 amide bonds. The molecule has 0 saturated carbocycles. The van der Waals surface area contributed by atoms with Crippen molar-refractivity contribution in [1.29, 1.82) is 0 Å². The first-order valence-corrected chi connectivity index (χ1v) is 8.14. The first kappa shape index (κ1) is 15.2. The summed E-state index contributed by atoms with van der Waals surface area (Å²) in [5.41, 5.74) is 0. The molecule has 3 N–H and O–H groups in total. The minimum Gasteiger partial charge on any atom is -0.356 e. The van der Waals surface area contributed by atoms with Crippen LogP contribution in [0.25, 0.3) is 0 Å². The highest BCUT2D eigenvalue weighted by atomic mass is 32.2. The summed E-state index contributed by atoms with van der Waals surface area (Å²) >= 11 is 1.90. The van der Waals surface area contributed by atoms with Gasteiger partial charge in [-0.2, -0.15) is 11.8 Å². The number of rotatable bonds is 8. The summed E-state index contributed by atoms with van der Waals surface area (Å²) in [6, 6.07) is 0.456. The second-order valence-corrected chi connectivity index (χ2v) is 6.45. The molecule has 0 radical (unpaired) electrons. The molecule has 0 spiro atoms. The van der Waals surface area contributed by atoms with Gasteiger partial charge < -0.3 is 20.7 Å². The Balaban J connectivity index is 1.56. The van der Waals surface area contributed by atoms with E-state index in [2.05, 4.69) is 16.0 Å². The monoisotopic (exact) mass is 299 g/mol. The van der Waals surface area contributed by atoms with E-state index in [4.69, 9.17) is 0 Å². The Kier molecular flexibility index (Phi) is 5.70. The van der Waals surface area contributed by atoms with E-state index in [9.17, 15) is 14.4 Å². The SMILES string of the molecule is O=CCCNC(=O)CCCC[C@@H]1SC[C@@H]2NC(=O)N[C@@H]21. The molecular weight excluding hydrogens is 278 g/mol. The maximum Gasteiger partial charge on any atom is 0.315 e. The van der Waals surface area contributed by atoms with Crippen LogP contribution in [0.1, 0.15) is 32.1 Å². The van der Waals surface area contributed by atoms with Crippen LogP contribution in [0.15, 0.2) is 0 Å². The highest BCUT2D eigenvalue weighted by Gasteiger charge is 2.42. The second-order valence-electron chi connectivity index (χ2n) is 5.17. The molecule has 2 aliphatic heterocycles. The summed E-state index contributed by atoms with van der Waals surface area (Å²) < 4.78 is 0. The maximum atomic E-state index is 11.4. The fourth-order valence-corrected chi connectivity index (χ4v) is 4.18. The Hall–Kier alpha value is -1.24. The molecule has 2 aliphatic rings. The Morgan fingerprint density at radius 2 is 2.25 bits per heavy atom. The molecule has 0 aromatic rings. The van der Waals surface area contributed by atoms with Crippen molar-refractivity contribution in [2.24, 2.45) is 0 Å². The minimum absolute atomic E-state index is 0.0136. The number of urea groups is 1. The quantitative estimate of drug-likeness (QED) is 0.344. The molecule has 7 heteroatoms. The third-order valence-corrected chi connectivity index (χ3v) is 5.17. The number of carbonyl (C=O) groups is 3. The first-order valence-electron chi connectivity index (χ1n) is 7.09. The van der Waals surface area contributed by atoms with Gasteiger partial charge in [-0.25, -0.2) is 4.79 Å². The van der Waals surface area contributed by atoms with Crippen LogP contribution in [-0.2, 0) is 9.59 Å². The fraction of sp³-hybridized carbons (Fsp3) is 0.769. The van der Waals surface area contributed by atoms with Gasteiger partial charge in [0, 0.05) is 30.4 Å². The van der Waals surface area contributed by atoms with Gasteiger partial charge >= 0.3 is 6.03 Å². The number of thioether (sulfide) groups is 1. The van der Waals surface area contributed by atoms with Gasteiger partial charge in [-0.05, 0) is 12.8 Å². The van der Waals surface area contributed by atoms with Gasteiger partial charge in [0.25, 0.3) is 0 Å². The molecule has 0 bridgehead atoms. The van der Waals surface area contributed by atoms with Gasteiger partial charge in [-0.15, -0.1) is 0 Å². The Bertz CT molecular complexity index is 378. The van der Waals surface area contributed by atoms with E-state index in [1.807, 2.05) is 11.8 Å². The number of carbonyl (C=O) groups excluding carboxylic acids is 3. The van der Waals surface area contributed by atoms with Crippen LogP contribution in [0.4, 0.5) is 4.79 Å². The lowest BCUT2D eigenvalue weighted by Gasteiger charge is -2.16. The van der Waals surface area contributed by atoms with Crippen LogP contribution in [-0.4, -0.2) is 47.9 Å². The molecule has 2 rings (SSSR count). The van der Waals surface area contributed by atoms with Crippen LogP contribution in [0.3, 0.4) is 0 Å². The van der Waals surface area contributed by atoms with Crippen molar-refractivity contribution >= 4 is 30.0 Å². The summed E-state index contributed by atoms with van der Waals surface area (Å²) in [7, 11) is 0. The largest absolute Gasteiger partial charge is 0.356 e. The number of hydrogen-bond acceptors (Lipinski definition) is 4. The first-order chi connectivity index (χ1) is 9.70. The Labute approximate surface area is 122 Å². The van der Waals surface area contributed by atoms with Crippen molar-refractivity contribution < 1.29 is 14.4 Å². The summed E-state index contributed by atoms with van der Waals surface area (Å²) in [5, 5.41) is 9.05. The van der Waals surface area contributed by atoms with E-state index >= 15 is 0 Å². The van der Waals surface area contributed by atoms with Gasteiger partial charge in [0.15, 0.2) is 0 Å². The van der Waals surface area contributed by atoms with E-state index in [1.54, 1.807) is 0 Å². The topological polar surface area (TPSA) is 87.3 Å². The fourth-order valence-electron chi connectivity index (χ4n) is 2.63. The predicted molar refractivity (Wildman–Crippen MR) is 77.6 cm³/mol. The molecule has 20 heavy (non-hydrogen) atoms. The molecule has 6 nitrogen and oxygen atoms in total. The lowest BCUT2D eigenvalue weighted by molar-refractivity contribution is -0.121. The van der Waals surface area contributed by atoms with Crippen molar-refractivity contribution in [2.75, 3.05) is 12.3 Å². The summed E-state index contributed by atoms with van der Waals surface area (Å²) in [4.78, 5) is 32.8. The Morgan fingerprint density at radius 3 is 3.05 bits per heavy atom. The maximum absolute atomic E-state index is 11.4. The van der Waals surface area contributed by atoms with E-state index in [-0.39, 0.29) is 24.0 Å². The van der Waals surface area contributed by atoms with E-state index < -0.39 is 0 Å². The number of amides is 3. The molecule has 3 atom stereocenters. The van der Waals surface area contributed by atoms with Crippen LogP contribution >= 0.6 is 11.8 Å². The normalized spacial score (nSPS) is 27.6. The molecule has 0 aromatic heterocycles. The number of fused-ring (bicyclic) bond motifs is 1. The molecule has 0 unspecified atom stereocenters. The second kappa shape index (κ2) is 7.52. The molecule has 112 valence electrons. The summed E-state index contributed by atoms with van der Waals surface area (Å²) in [6.45, 7) is 0.433. The third kappa shape index (κ3) is 4.13. The minimum atomic E-state index is -0.0557. The van der Waals surface area contributed by atoms with Gasteiger partial charge in [-0.3, -0.25) is 4.79 Å². The average Bonchev–Trinajstić information content (AvgIpc) is 2.95. The standard InChI is InChI=1S/C13H21N3O3S/c17-7-3-6-14-11(18)5-2-1-4-10-12-9(8-20-10)15-13(19)16-12/h7,9-10,12H,1-6,8H2,(H,14,18)(H2,15,16,19)/t9-,10-,12-/m0/s1. The predicted octanol–water partition coefficient (Wildman–Crippen LogP) is 0.417. The lowest BCUT2D eigenvalue weighted by atomic mass is 10.0. The van der Waals surface area contributed by atoms with Crippen molar-refractivity contribution in [2.45, 2.75) is 49.4 Å². The van der Waals surface area contributed by atoms with E-state index in [0.29, 0.717) is 24.6 Å². The molecule has 2 heterocycles. The zero-order valence-corrected chi connectivity index (χ0v) is 12.2. The van der Waals surface area contributed by atoms with Crippen LogP contribution < -0.4 is 16.0 Å². The zero-order valence-electron chi connectivity index (χ0n) is 11.4. The average molecular weight is 299 g/mol. The van der Waals surface area contributed by atoms with E-state index in [0.717, 1.165) is 31.3 Å². The van der Waals surface area contributed by atoms with Crippen molar-refractivity contribution in [1.82, 2.24) is 16.0 Å². The number of unbranched alkanes of at least 4 members (excludes halogenated alkanes) is 1. The number of nitrogens with one attached hydrogen (secondary N) is 3. The number of hydrogen-bond donors (Lipinski definition) is 3. The van der Waals surface area contributed by atoms with Gasteiger partial charge in [0.1, 0.15) is 6.29 Å². The van der Waals surface area contributed by atoms with Crippen LogP contribution in [0.5, 0.6) is 0 Å². The Morgan fingerprint density at radius 1 is 1.40 bits per heavy atom. The molecular formula is C13H21N3O3S. The molecule has 2 saturated heterocycles. The summed E-state index contributed by atoms with van der Waals surface area (Å²) in [5.74, 6) is 0.986. The third-order valence-electron chi connectivity index (χ3n) is 3.66. The van der Waals surface area contributed by atoms with Gasteiger partial charge in [0.2, 0.25) is 5.91 Å². The van der Waals surface area contributed by atoms with Crippen molar-refractivity contribution in [3.63, 3.8) is 0 Å². The van der Waals surface area contributed by atoms with Gasteiger partial charge in [0.05, 0.1) is 12.1 Å². The van der Waals surface area contributed by atoms with Crippen LogP contribution in [0.2, 0.25) is 0 Å². The molecule has 0 aromatic carbocycles. The van der Waals surface area contributed by atoms with E-state index in [1.165, 1.54) is 0 Å². The smallest absolute Gasteiger partial charge is 0.315 e. The van der Waals surface area contributed by atoms with Crippen LogP contribution in [0, 0.1) is 0 Å². The lowest BCUT2D eigenvalue weighted by Crippen LogP contribution is -2.36. The highest BCUT2D eigenvalue weighted by molar-refractivity contribution is 8.00. The zero-order chi connectivity index (χ0) is 14.4.